The molecule has 0 radical (unpaired) electrons. The van der Waals surface area contributed by atoms with Crippen molar-refractivity contribution in [3.05, 3.63) is 54.2 Å². The molecule has 1 heterocycles. The summed E-state index contributed by atoms with van der Waals surface area (Å²) in [6.07, 6.45) is -1.10. The molecule has 0 aliphatic carbocycles. The third-order valence-corrected chi connectivity index (χ3v) is 3.76. The van der Waals surface area contributed by atoms with Crippen LogP contribution in [0.5, 0.6) is 11.6 Å². The number of nitrogens with zero attached hydrogens (tertiary/aromatic N) is 2. The van der Waals surface area contributed by atoms with Crippen LogP contribution in [0.25, 0.3) is 0 Å². The summed E-state index contributed by atoms with van der Waals surface area (Å²) in [6, 6.07) is 15.9. The van der Waals surface area contributed by atoms with E-state index in [4.69, 9.17) is 9.47 Å². The van der Waals surface area contributed by atoms with Gasteiger partial charge in [0.2, 0.25) is 12.0 Å². The van der Waals surface area contributed by atoms with Crippen molar-refractivity contribution in [2.24, 2.45) is 5.92 Å². The highest BCUT2D eigenvalue weighted by molar-refractivity contribution is 5.76. The zero-order valence-electron chi connectivity index (χ0n) is 16.0. The summed E-state index contributed by atoms with van der Waals surface area (Å²) in [5, 5.41) is 12.7. The standard InChI is InChI=1S/C21H25N3O3/c1-14(2)20(23-15(3)4)21(25)27-18(13-22)17-11-8-12-19(24-17)26-16-9-6-5-7-10-16/h5-12,14-15,18,20,23H,1-4H3. The van der Waals surface area contributed by atoms with Crippen molar-refractivity contribution in [1.82, 2.24) is 10.3 Å². The van der Waals surface area contributed by atoms with Crippen molar-refractivity contribution < 1.29 is 14.3 Å². The van der Waals surface area contributed by atoms with E-state index in [9.17, 15) is 10.1 Å². The number of para-hydroxylation sites is 1. The Labute approximate surface area is 160 Å². The Hall–Kier alpha value is -2.91. The second-order valence-corrected chi connectivity index (χ2v) is 6.80. The molecule has 2 aromatic rings. The largest absolute Gasteiger partial charge is 0.439 e. The molecule has 0 aliphatic heterocycles. The lowest BCUT2D eigenvalue weighted by Crippen LogP contribution is -2.45. The van der Waals surface area contributed by atoms with Crippen molar-refractivity contribution in [2.45, 2.75) is 45.9 Å². The van der Waals surface area contributed by atoms with E-state index in [-0.39, 0.29) is 12.0 Å². The number of esters is 1. The first-order valence-electron chi connectivity index (χ1n) is 8.96. The van der Waals surface area contributed by atoms with Gasteiger partial charge in [0.15, 0.2) is 0 Å². The van der Waals surface area contributed by atoms with Crippen LogP contribution in [0.2, 0.25) is 0 Å². The van der Waals surface area contributed by atoms with Crippen LogP contribution in [0.1, 0.15) is 39.5 Å². The van der Waals surface area contributed by atoms with Crippen LogP contribution in [0.4, 0.5) is 0 Å². The Morgan fingerprint density at radius 1 is 1.07 bits per heavy atom. The molecular weight excluding hydrogens is 342 g/mol. The highest BCUT2D eigenvalue weighted by Gasteiger charge is 2.28. The molecule has 0 saturated heterocycles. The fourth-order valence-electron chi connectivity index (χ4n) is 2.48. The van der Waals surface area contributed by atoms with Crippen LogP contribution in [0, 0.1) is 17.2 Å². The lowest BCUT2D eigenvalue weighted by atomic mass is 10.0. The molecule has 142 valence electrons. The van der Waals surface area contributed by atoms with Gasteiger partial charge in [0, 0.05) is 12.1 Å². The van der Waals surface area contributed by atoms with Gasteiger partial charge < -0.3 is 14.8 Å². The molecule has 6 heteroatoms. The summed E-state index contributed by atoms with van der Waals surface area (Å²) >= 11 is 0. The van der Waals surface area contributed by atoms with Gasteiger partial charge in [0.05, 0.1) is 5.69 Å². The second-order valence-electron chi connectivity index (χ2n) is 6.80. The van der Waals surface area contributed by atoms with Gasteiger partial charge in [0.1, 0.15) is 17.9 Å². The molecular formula is C21H25N3O3. The van der Waals surface area contributed by atoms with Crippen LogP contribution >= 0.6 is 0 Å². The number of carbonyl (C=O) groups is 1. The van der Waals surface area contributed by atoms with Crippen molar-refractivity contribution >= 4 is 5.97 Å². The number of nitrogens with one attached hydrogen (secondary N) is 1. The van der Waals surface area contributed by atoms with Gasteiger partial charge in [-0.05, 0) is 24.1 Å². The summed E-state index contributed by atoms with van der Waals surface area (Å²) < 4.78 is 11.1. The van der Waals surface area contributed by atoms with E-state index < -0.39 is 18.1 Å². The Kier molecular flexibility index (Phi) is 7.33. The van der Waals surface area contributed by atoms with E-state index in [1.807, 2.05) is 52.0 Å². The van der Waals surface area contributed by atoms with E-state index in [2.05, 4.69) is 10.3 Å². The van der Waals surface area contributed by atoms with Crippen LogP contribution in [-0.2, 0) is 9.53 Å². The number of aromatic nitrogens is 1. The fourth-order valence-corrected chi connectivity index (χ4v) is 2.48. The van der Waals surface area contributed by atoms with E-state index in [1.165, 1.54) is 0 Å². The third-order valence-electron chi connectivity index (χ3n) is 3.76. The normalized spacial score (nSPS) is 13.1. The first-order chi connectivity index (χ1) is 12.9. The first kappa shape index (κ1) is 20.4. The smallest absolute Gasteiger partial charge is 0.325 e. The Morgan fingerprint density at radius 2 is 1.78 bits per heavy atom. The van der Waals surface area contributed by atoms with E-state index >= 15 is 0 Å². The van der Waals surface area contributed by atoms with Crippen LogP contribution < -0.4 is 10.1 Å². The molecule has 0 spiro atoms. The van der Waals surface area contributed by atoms with E-state index in [0.29, 0.717) is 17.3 Å². The number of ether oxygens (including phenoxy) is 2. The molecule has 1 N–H and O–H groups in total. The van der Waals surface area contributed by atoms with Gasteiger partial charge in [-0.1, -0.05) is 52.0 Å². The average molecular weight is 367 g/mol. The fraction of sp³-hybridized carbons (Fsp3) is 0.381. The maximum Gasteiger partial charge on any atom is 0.325 e. The van der Waals surface area contributed by atoms with Crippen LogP contribution in [-0.4, -0.2) is 23.0 Å². The summed E-state index contributed by atoms with van der Waals surface area (Å²) in [5.41, 5.74) is 0.325. The lowest BCUT2D eigenvalue weighted by Gasteiger charge is -2.24. The molecule has 1 aromatic heterocycles. The van der Waals surface area contributed by atoms with Crippen molar-refractivity contribution in [3.63, 3.8) is 0 Å². The predicted molar refractivity (Wildman–Crippen MR) is 102 cm³/mol. The number of rotatable bonds is 8. The summed E-state index contributed by atoms with van der Waals surface area (Å²) in [6.45, 7) is 7.76. The summed E-state index contributed by atoms with van der Waals surface area (Å²) in [7, 11) is 0. The van der Waals surface area contributed by atoms with Gasteiger partial charge in [0.25, 0.3) is 0 Å². The van der Waals surface area contributed by atoms with Crippen molar-refractivity contribution in [1.29, 1.82) is 5.26 Å². The number of hydrogen-bond donors (Lipinski definition) is 1. The number of carbonyl (C=O) groups excluding carboxylic acids is 1. The lowest BCUT2D eigenvalue weighted by molar-refractivity contribution is -0.151. The molecule has 0 aliphatic rings. The zero-order chi connectivity index (χ0) is 19.8. The second kappa shape index (κ2) is 9.70. The molecule has 0 bridgehead atoms. The topological polar surface area (TPSA) is 84.2 Å². The van der Waals surface area contributed by atoms with Crippen LogP contribution in [0.3, 0.4) is 0 Å². The molecule has 0 saturated carbocycles. The summed E-state index contributed by atoms with van der Waals surface area (Å²) in [4.78, 5) is 16.9. The number of nitriles is 1. The molecule has 2 rings (SSSR count). The van der Waals surface area contributed by atoms with Gasteiger partial charge in [-0.3, -0.25) is 4.79 Å². The zero-order valence-corrected chi connectivity index (χ0v) is 16.0. The highest BCUT2D eigenvalue weighted by atomic mass is 16.5. The van der Waals surface area contributed by atoms with Gasteiger partial charge in [-0.2, -0.15) is 5.26 Å². The Balaban J connectivity index is 2.14. The van der Waals surface area contributed by atoms with Crippen molar-refractivity contribution in [3.8, 4) is 17.7 Å². The number of pyridine rings is 1. The van der Waals surface area contributed by atoms with Crippen molar-refractivity contribution in [2.75, 3.05) is 0 Å². The van der Waals surface area contributed by atoms with Crippen LogP contribution in [0.15, 0.2) is 48.5 Å². The molecule has 6 nitrogen and oxygen atoms in total. The monoisotopic (exact) mass is 367 g/mol. The predicted octanol–water partition coefficient (Wildman–Crippen LogP) is 4.00. The molecule has 2 atom stereocenters. The van der Waals surface area contributed by atoms with E-state index in [1.54, 1.807) is 30.3 Å². The number of benzene rings is 1. The molecule has 2 unspecified atom stereocenters. The molecule has 0 fully saturated rings. The molecule has 1 aromatic carbocycles. The Morgan fingerprint density at radius 3 is 2.37 bits per heavy atom. The SMILES string of the molecule is CC(C)NC(C(=O)OC(C#N)c1cccc(Oc2ccccc2)n1)C(C)C. The minimum absolute atomic E-state index is 0.0277. The number of hydrogen-bond acceptors (Lipinski definition) is 6. The average Bonchev–Trinajstić information content (AvgIpc) is 2.64. The van der Waals surface area contributed by atoms with Gasteiger partial charge in [-0.15, -0.1) is 0 Å². The molecule has 0 amide bonds. The minimum atomic E-state index is -1.10. The maximum absolute atomic E-state index is 12.5. The minimum Gasteiger partial charge on any atom is -0.439 e. The maximum atomic E-state index is 12.5. The molecule has 27 heavy (non-hydrogen) atoms. The van der Waals surface area contributed by atoms with Gasteiger partial charge in [-0.25, -0.2) is 4.98 Å². The van der Waals surface area contributed by atoms with Gasteiger partial charge >= 0.3 is 5.97 Å². The Bertz CT molecular complexity index is 785. The third kappa shape index (κ3) is 6.08. The summed E-state index contributed by atoms with van der Waals surface area (Å²) in [5.74, 6) is 0.519. The van der Waals surface area contributed by atoms with E-state index in [0.717, 1.165) is 0 Å². The quantitative estimate of drug-likeness (QED) is 0.710. The highest BCUT2D eigenvalue weighted by Crippen LogP contribution is 2.23. The first-order valence-corrected chi connectivity index (χ1v) is 8.96.